The van der Waals surface area contributed by atoms with Crippen LogP contribution in [0.2, 0.25) is 0 Å². The molecule has 0 amide bonds. The van der Waals surface area contributed by atoms with Gasteiger partial charge >= 0.3 is 12.1 Å². The summed E-state index contributed by atoms with van der Waals surface area (Å²) in [4.78, 5) is 21.0. The van der Waals surface area contributed by atoms with Gasteiger partial charge in [0.25, 0.3) is 6.01 Å². The van der Waals surface area contributed by atoms with E-state index in [0.29, 0.717) is 19.1 Å². The molecule has 1 aromatic carbocycles. The molecule has 3 heterocycles. The van der Waals surface area contributed by atoms with Crippen molar-refractivity contribution >= 4 is 17.7 Å². The molecule has 7 nitrogen and oxygen atoms in total. The highest BCUT2D eigenvalue weighted by Crippen LogP contribution is 2.38. The minimum atomic E-state index is -4.34. The van der Waals surface area contributed by atoms with Crippen molar-refractivity contribution in [3.05, 3.63) is 41.8 Å². The molecule has 10 heteroatoms. The molecule has 0 spiro atoms. The van der Waals surface area contributed by atoms with Crippen LogP contribution in [0.15, 0.2) is 34.9 Å². The summed E-state index contributed by atoms with van der Waals surface area (Å²) in [6.07, 6.45) is 2.20. The van der Waals surface area contributed by atoms with Crippen LogP contribution < -0.4 is 15.1 Å². The first kappa shape index (κ1) is 23.0. The first-order chi connectivity index (χ1) is 16.3. The number of nitrogens with zero attached hydrogens (tertiary/aromatic N) is 3. The topological polar surface area (TPSA) is 70.8 Å². The van der Waals surface area contributed by atoms with Gasteiger partial charge in [-0.1, -0.05) is 12.8 Å². The van der Waals surface area contributed by atoms with Crippen LogP contribution >= 0.6 is 0 Å². The van der Waals surface area contributed by atoms with Crippen LogP contribution in [0.4, 0.5) is 24.9 Å². The Kier molecular flexibility index (Phi) is 6.18. The summed E-state index contributed by atoms with van der Waals surface area (Å²) in [5.41, 5.74) is 0.144. The lowest BCUT2D eigenvalue weighted by Crippen LogP contribution is -2.72. The zero-order valence-electron chi connectivity index (χ0n) is 19.1. The zero-order chi connectivity index (χ0) is 23.9. The van der Waals surface area contributed by atoms with Crippen LogP contribution in [0.1, 0.15) is 55.1 Å². The van der Waals surface area contributed by atoms with Crippen molar-refractivity contribution in [2.24, 2.45) is 0 Å². The van der Waals surface area contributed by atoms with E-state index >= 15 is 0 Å². The Balaban J connectivity index is 1.38. The number of rotatable bonds is 4. The molecule has 2 aliphatic heterocycles. The van der Waals surface area contributed by atoms with Crippen molar-refractivity contribution in [2.75, 3.05) is 29.5 Å². The molecule has 1 aromatic heterocycles. The average Bonchev–Trinajstić information content (AvgIpc) is 3.32. The molecule has 2 unspecified atom stereocenters. The molecule has 4 atom stereocenters. The van der Waals surface area contributed by atoms with Crippen molar-refractivity contribution in [3.63, 3.8) is 0 Å². The Bertz CT molecular complexity index is 1010. The van der Waals surface area contributed by atoms with Gasteiger partial charge in [0.1, 0.15) is 0 Å². The summed E-state index contributed by atoms with van der Waals surface area (Å²) < 4.78 is 49.8. The summed E-state index contributed by atoms with van der Waals surface area (Å²) in [6.45, 7) is 3.37. The highest BCUT2D eigenvalue weighted by molar-refractivity contribution is 5.86. The maximum Gasteiger partial charge on any atom is 0.416 e. The first-order valence-electron chi connectivity index (χ1n) is 11.9. The van der Waals surface area contributed by atoms with Crippen molar-refractivity contribution < 1.29 is 27.1 Å². The van der Waals surface area contributed by atoms with Gasteiger partial charge in [-0.2, -0.15) is 13.2 Å². The molecule has 2 saturated heterocycles. The van der Waals surface area contributed by atoms with Gasteiger partial charge in [0, 0.05) is 36.9 Å². The second kappa shape index (κ2) is 9.13. The average molecular weight is 479 g/mol. The molecule has 5 rings (SSSR count). The number of anilines is 2. The van der Waals surface area contributed by atoms with Crippen LogP contribution in [0.3, 0.4) is 0 Å². The number of fused-ring (bicyclic) bond motifs is 2. The van der Waals surface area contributed by atoms with Crippen LogP contribution in [0.25, 0.3) is 0 Å². The molecule has 1 saturated carbocycles. The number of aromatic nitrogens is 1. The fourth-order valence-corrected chi connectivity index (χ4v) is 5.66. The van der Waals surface area contributed by atoms with Gasteiger partial charge in [0.2, 0.25) is 5.76 Å². The van der Waals surface area contributed by atoms with Crippen LogP contribution in [0, 0.1) is 0 Å². The van der Waals surface area contributed by atoms with E-state index in [-0.39, 0.29) is 36.5 Å². The van der Waals surface area contributed by atoms with Gasteiger partial charge in [0.05, 0.1) is 24.4 Å². The second-order valence-electron chi connectivity index (χ2n) is 9.21. The molecule has 3 aliphatic rings. The number of carbonyl (C=O) groups is 1. The monoisotopic (exact) mass is 478 g/mol. The smallest absolute Gasteiger partial charge is 0.416 e. The van der Waals surface area contributed by atoms with Gasteiger partial charge in [-0.05, 0) is 50.5 Å². The quantitative estimate of drug-likeness (QED) is 0.660. The normalized spacial score (nSPS) is 27.2. The first-order valence-corrected chi connectivity index (χ1v) is 11.9. The number of halogens is 3. The lowest BCUT2D eigenvalue weighted by Gasteiger charge is -2.55. The maximum atomic E-state index is 13.0. The largest absolute Gasteiger partial charge is 0.460 e. The number of ether oxygens (including phenoxy) is 1. The van der Waals surface area contributed by atoms with Gasteiger partial charge in [-0.3, -0.25) is 0 Å². The standard InChI is InChI=1S/C24H29F3N4O3/c1-2-33-22(32)21-13-28-23(34-21)31-19-6-4-3-5-17(19)29-18-14-30(12-11-20(18)31)16-9-7-15(8-10-16)24(25,26)27/h7-10,13,17-20,29H,2-6,11-12,14H2,1H3/t17-,18?,19-,20?/m1/s1. The molecule has 1 aliphatic carbocycles. The van der Waals surface area contributed by atoms with Crippen molar-refractivity contribution in [1.29, 1.82) is 0 Å². The number of alkyl halides is 3. The predicted octanol–water partition coefficient (Wildman–Crippen LogP) is 4.24. The molecule has 184 valence electrons. The van der Waals surface area contributed by atoms with E-state index in [1.54, 1.807) is 19.1 Å². The summed E-state index contributed by atoms with van der Waals surface area (Å²) in [7, 11) is 0. The third-order valence-electron chi connectivity index (χ3n) is 7.20. The van der Waals surface area contributed by atoms with Crippen LogP contribution in [0.5, 0.6) is 0 Å². The summed E-state index contributed by atoms with van der Waals surface area (Å²) in [6, 6.07) is 6.51. The van der Waals surface area contributed by atoms with E-state index in [4.69, 9.17) is 9.15 Å². The molecular weight excluding hydrogens is 449 g/mol. The third-order valence-corrected chi connectivity index (χ3v) is 7.20. The Morgan fingerprint density at radius 3 is 2.62 bits per heavy atom. The minimum absolute atomic E-state index is 0.0911. The second-order valence-corrected chi connectivity index (χ2v) is 9.21. The third kappa shape index (κ3) is 4.35. The van der Waals surface area contributed by atoms with Gasteiger partial charge in [0.15, 0.2) is 0 Å². The zero-order valence-corrected chi connectivity index (χ0v) is 19.1. The van der Waals surface area contributed by atoms with E-state index in [2.05, 4.69) is 20.1 Å². The van der Waals surface area contributed by atoms with Crippen molar-refractivity contribution in [1.82, 2.24) is 10.3 Å². The molecule has 2 aromatic rings. The van der Waals surface area contributed by atoms with Crippen LogP contribution in [-0.2, 0) is 10.9 Å². The number of esters is 1. The fourth-order valence-electron chi connectivity index (χ4n) is 5.66. The number of hydrogen-bond donors (Lipinski definition) is 1. The van der Waals surface area contributed by atoms with E-state index in [0.717, 1.165) is 49.9 Å². The molecule has 34 heavy (non-hydrogen) atoms. The number of oxazole rings is 1. The molecule has 3 fully saturated rings. The highest BCUT2D eigenvalue weighted by Gasteiger charge is 2.47. The summed E-state index contributed by atoms with van der Waals surface area (Å²) >= 11 is 0. The Morgan fingerprint density at radius 1 is 1.15 bits per heavy atom. The Labute approximate surface area is 196 Å². The number of piperazine rings is 1. The van der Waals surface area contributed by atoms with Gasteiger partial charge in [-0.25, -0.2) is 9.78 Å². The lowest BCUT2D eigenvalue weighted by molar-refractivity contribution is -0.137. The number of nitrogens with one attached hydrogen (secondary N) is 1. The molecular formula is C24H29F3N4O3. The van der Waals surface area contributed by atoms with Crippen molar-refractivity contribution in [2.45, 2.75) is 69.4 Å². The molecule has 1 N–H and O–H groups in total. The maximum absolute atomic E-state index is 13.0. The SMILES string of the molecule is CCOC(=O)c1cnc(N2C3CCN(c4ccc(C(F)(F)F)cc4)CC3N[C@@H]3CCCC[C@H]32)o1. The van der Waals surface area contributed by atoms with Gasteiger partial charge < -0.3 is 24.3 Å². The molecule has 0 bridgehead atoms. The number of hydrogen-bond acceptors (Lipinski definition) is 7. The Morgan fingerprint density at radius 2 is 1.88 bits per heavy atom. The predicted molar refractivity (Wildman–Crippen MR) is 120 cm³/mol. The van der Waals surface area contributed by atoms with Crippen LogP contribution in [-0.4, -0.2) is 54.8 Å². The van der Waals surface area contributed by atoms with Gasteiger partial charge in [-0.15, -0.1) is 0 Å². The Hall–Kier alpha value is -2.75. The summed E-state index contributed by atoms with van der Waals surface area (Å²) in [5, 5.41) is 3.82. The van der Waals surface area contributed by atoms with E-state index in [1.807, 2.05) is 0 Å². The lowest BCUT2D eigenvalue weighted by atomic mass is 9.82. The fraction of sp³-hybridized carbons (Fsp3) is 0.583. The number of benzene rings is 1. The highest BCUT2D eigenvalue weighted by atomic mass is 19.4. The number of carbonyl (C=O) groups excluding carboxylic acids is 1. The number of piperidine rings is 1. The molecule has 0 radical (unpaired) electrons. The van der Waals surface area contributed by atoms with E-state index in [9.17, 15) is 18.0 Å². The van der Waals surface area contributed by atoms with E-state index in [1.165, 1.54) is 6.20 Å². The van der Waals surface area contributed by atoms with E-state index < -0.39 is 17.7 Å². The summed E-state index contributed by atoms with van der Waals surface area (Å²) in [5.74, 6) is -0.424. The van der Waals surface area contributed by atoms with Crippen molar-refractivity contribution in [3.8, 4) is 0 Å². The minimum Gasteiger partial charge on any atom is -0.460 e.